The predicted molar refractivity (Wildman–Crippen MR) is 94.9 cm³/mol. The lowest BCUT2D eigenvalue weighted by molar-refractivity contribution is 1.60. The number of hydrogen-bond donors (Lipinski definition) is 1. The lowest BCUT2D eigenvalue weighted by Gasteiger charge is -2.08. The molecule has 2 aromatic heterocycles. The first-order chi connectivity index (χ1) is 10.4. The molecule has 0 amide bonds. The number of nitrogens with one attached hydrogen (secondary N) is 1. The molecule has 0 atom stereocenters. The molecule has 0 fully saturated rings. The SMILES string of the molecule is c1ccc(Nc2c(-c3ccsc3)sc3ccccc23)cc1. The van der Waals surface area contributed by atoms with Crippen molar-refractivity contribution in [3.8, 4) is 10.4 Å². The van der Waals surface area contributed by atoms with Crippen LogP contribution in [0.5, 0.6) is 0 Å². The van der Waals surface area contributed by atoms with Gasteiger partial charge in [-0.3, -0.25) is 0 Å². The van der Waals surface area contributed by atoms with Crippen molar-refractivity contribution in [3.63, 3.8) is 0 Å². The molecular formula is C18H13NS2. The second-order valence-corrected chi connectivity index (χ2v) is 6.64. The van der Waals surface area contributed by atoms with Gasteiger partial charge in [0, 0.05) is 21.3 Å². The second-order valence-electron chi connectivity index (χ2n) is 4.81. The van der Waals surface area contributed by atoms with Gasteiger partial charge in [0.2, 0.25) is 0 Å². The summed E-state index contributed by atoms with van der Waals surface area (Å²) >= 11 is 3.58. The molecule has 0 unspecified atom stereocenters. The van der Waals surface area contributed by atoms with E-state index in [1.807, 2.05) is 17.4 Å². The Morgan fingerprint density at radius 3 is 2.43 bits per heavy atom. The molecule has 2 aromatic carbocycles. The van der Waals surface area contributed by atoms with Gasteiger partial charge in [-0.2, -0.15) is 11.3 Å². The molecule has 3 heteroatoms. The zero-order chi connectivity index (χ0) is 14.1. The quantitative estimate of drug-likeness (QED) is 0.463. The van der Waals surface area contributed by atoms with Gasteiger partial charge >= 0.3 is 0 Å². The highest BCUT2D eigenvalue weighted by Gasteiger charge is 2.14. The minimum Gasteiger partial charge on any atom is -0.354 e. The largest absolute Gasteiger partial charge is 0.354 e. The summed E-state index contributed by atoms with van der Waals surface area (Å²) in [4.78, 5) is 1.31. The van der Waals surface area contributed by atoms with Crippen molar-refractivity contribution in [2.75, 3.05) is 5.32 Å². The van der Waals surface area contributed by atoms with Crippen LogP contribution < -0.4 is 5.32 Å². The fraction of sp³-hybridized carbons (Fsp3) is 0. The Bertz CT molecular complexity index is 861. The Balaban J connectivity index is 1.91. The summed E-state index contributed by atoms with van der Waals surface area (Å²) in [6.45, 7) is 0. The van der Waals surface area contributed by atoms with Gasteiger partial charge < -0.3 is 5.32 Å². The first kappa shape index (κ1) is 12.6. The number of hydrogen-bond acceptors (Lipinski definition) is 3. The Kier molecular flexibility index (Phi) is 3.22. The third-order valence-electron chi connectivity index (χ3n) is 3.42. The summed E-state index contributed by atoms with van der Waals surface area (Å²) in [5, 5.41) is 9.22. The number of anilines is 2. The van der Waals surface area contributed by atoms with E-state index in [1.54, 1.807) is 11.3 Å². The molecule has 0 spiro atoms. The highest BCUT2D eigenvalue weighted by atomic mass is 32.1. The zero-order valence-corrected chi connectivity index (χ0v) is 12.9. The third-order valence-corrected chi connectivity index (χ3v) is 5.33. The van der Waals surface area contributed by atoms with Gasteiger partial charge in [0.25, 0.3) is 0 Å². The van der Waals surface area contributed by atoms with Gasteiger partial charge in [0.05, 0.1) is 10.6 Å². The van der Waals surface area contributed by atoms with Crippen molar-refractivity contribution >= 4 is 44.1 Å². The normalized spacial score (nSPS) is 10.9. The van der Waals surface area contributed by atoms with E-state index in [0.29, 0.717) is 0 Å². The smallest absolute Gasteiger partial charge is 0.0653 e. The Morgan fingerprint density at radius 1 is 0.810 bits per heavy atom. The summed E-state index contributed by atoms with van der Waals surface area (Å²) < 4.78 is 1.32. The van der Waals surface area contributed by atoms with Crippen molar-refractivity contribution in [3.05, 3.63) is 71.4 Å². The van der Waals surface area contributed by atoms with E-state index in [2.05, 4.69) is 70.7 Å². The van der Waals surface area contributed by atoms with Crippen molar-refractivity contribution in [1.29, 1.82) is 0 Å². The molecule has 0 aliphatic carbocycles. The van der Waals surface area contributed by atoms with E-state index < -0.39 is 0 Å². The van der Waals surface area contributed by atoms with Gasteiger partial charge in [0.15, 0.2) is 0 Å². The molecule has 102 valence electrons. The van der Waals surface area contributed by atoms with Crippen LogP contribution >= 0.6 is 22.7 Å². The molecule has 21 heavy (non-hydrogen) atoms. The van der Waals surface area contributed by atoms with Crippen LogP contribution in [-0.4, -0.2) is 0 Å². The molecule has 0 radical (unpaired) electrons. The first-order valence-corrected chi connectivity index (χ1v) is 8.54. The molecule has 0 saturated heterocycles. The maximum Gasteiger partial charge on any atom is 0.0653 e. The average molecular weight is 307 g/mol. The van der Waals surface area contributed by atoms with E-state index in [1.165, 1.54) is 26.2 Å². The second kappa shape index (κ2) is 5.35. The topological polar surface area (TPSA) is 12.0 Å². The van der Waals surface area contributed by atoms with Crippen molar-refractivity contribution in [2.45, 2.75) is 0 Å². The summed E-state index contributed by atoms with van der Waals surface area (Å²) in [5.74, 6) is 0. The molecule has 1 N–H and O–H groups in total. The molecule has 0 saturated carbocycles. The maximum absolute atomic E-state index is 3.60. The number of para-hydroxylation sites is 1. The Hall–Kier alpha value is -2.10. The van der Waals surface area contributed by atoms with Gasteiger partial charge in [-0.1, -0.05) is 36.4 Å². The molecule has 0 aliphatic rings. The summed E-state index contributed by atoms with van der Waals surface area (Å²) in [6.07, 6.45) is 0. The van der Waals surface area contributed by atoms with Crippen LogP contribution in [0, 0.1) is 0 Å². The summed E-state index contributed by atoms with van der Waals surface area (Å²) in [6, 6.07) is 21.1. The number of benzene rings is 2. The molecular weight excluding hydrogens is 294 g/mol. The standard InChI is InChI=1S/C18H13NS2/c1-2-6-14(7-3-1)19-17-15-8-4-5-9-16(15)21-18(17)13-10-11-20-12-13/h1-12,19H. The summed E-state index contributed by atoms with van der Waals surface area (Å²) in [5.41, 5.74) is 3.62. The van der Waals surface area contributed by atoms with Crippen LogP contribution in [0.1, 0.15) is 0 Å². The van der Waals surface area contributed by atoms with Gasteiger partial charge in [-0.15, -0.1) is 11.3 Å². The maximum atomic E-state index is 3.60. The minimum absolute atomic E-state index is 1.12. The fourth-order valence-electron chi connectivity index (χ4n) is 2.43. The average Bonchev–Trinajstić information content (AvgIpc) is 3.16. The molecule has 2 heterocycles. The molecule has 0 bridgehead atoms. The van der Waals surface area contributed by atoms with E-state index >= 15 is 0 Å². The van der Waals surface area contributed by atoms with Crippen LogP contribution in [0.2, 0.25) is 0 Å². The van der Waals surface area contributed by atoms with Crippen molar-refractivity contribution in [2.24, 2.45) is 0 Å². The lowest BCUT2D eigenvalue weighted by atomic mass is 10.1. The highest BCUT2D eigenvalue weighted by Crippen LogP contribution is 2.44. The van der Waals surface area contributed by atoms with Crippen LogP contribution in [0.3, 0.4) is 0 Å². The summed E-state index contributed by atoms with van der Waals surface area (Å²) in [7, 11) is 0. The molecule has 4 aromatic rings. The van der Waals surface area contributed by atoms with Crippen molar-refractivity contribution in [1.82, 2.24) is 0 Å². The number of fused-ring (bicyclic) bond motifs is 1. The Morgan fingerprint density at radius 2 is 1.62 bits per heavy atom. The van der Waals surface area contributed by atoms with E-state index in [-0.39, 0.29) is 0 Å². The predicted octanol–water partition coefficient (Wildman–Crippen LogP) is 6.37. The first-order valence-electron chi connectivity index (χ1n) is 6.78. The van der Waals surface area contributed by atoms with Gasteiger partial charge in [-0.25, -0.2) is 0 Å². The van der Waals surface area contributed by atoms with Crippen LogP contribution in [0.25, 0.3) is 20.5 Å². The fourth-order valence-corrected chi connectivity index (χ4v) is 4.31. The van der Waals surface area contributed by atoms with Gasteiger partial charge in [0.1, 0.15) is 0 Å². The molecule has 1 nitrogen and oxygen atoms in total. The van der Waals surface area contributed by atoms with E-state index in [9.17, 15) is 0 Å². The van der Waals surface area contributed by atoms with Crippen LogP contribution in [0.4, 0.5) is 11.4 Å². The van der Waals surface area contributed by atoms with Crippen LogP contribution in [0.15, 0.2) is 71.4 Å². The monoisotopic (exact) mass is 307 g/mol. The minimum atomic E-state index is 1.12. The van der Waals surface area contributed by atoms with Crippen LogP contribution in [-0.2, 0) is 0 Å². The lowest BCUT2D eigenvalue weighted by Crippen LogP contribution is -1.90. The van der Waals surface area contributed by atoms with E-state index in [0.717, 1.165) is 5.69 Å². The highest BCUT2D eigenvalue weighted by molar-refractivity contribution is 7.23. The zero-order valence-electron chi connectivity index (χ0n) is 11.2. The Labute approximate surface area is 131 Å². The molecule has 0 aliphatic heterocycles. The van der Waals surface area contributed by atoms with Crippen molar-refractivity contribution < 1.29 is 0 Å². The third kappa shape index (κ3) is 2.35. The molecule has 4 rings (SSSR count). The van der Waals surface area contributed by atoms with E-state index in [4.69, 9.17) is 0 Å². The number of rotatable bonds is 3. The van der Waals surface area contributed by atoms with Gasteiger partial charge in [-0.05, 0) is 35.0 Å². The number of thiophene rings is 2.